The molecule has 0 amide bonds. The highest BCUT2D eigenvalue weighted by Gasteiger charge is 2.40. The monoisotopic (exact) mass is 248 g/mol. The van der Waals surface area contributed by atoms with Crippen LogP contribution in [0.25, 0.3) is 0 Å². The average molecular weight is 248 g/mol. The van der Waals surface area contributed by atoms with E-state index in [1.807, 2.05) is 0 Å². The Balaban J connectivity index is -0.000000720. The minimum absolute atomic E-state index is 0. The van der Waals surface area contributed by atoms with Crippen LogP contribution < -0.4 is 0 Å². The third kappa shape index (κ3) is 7.58. The molecule has 0 saturated heterocycles. The van der Waals surface area contributed by atoms with E-state index in [0.29, 0.717) is 0 Å². The van der Waals surface area contributed by atoms with Gasteiger partial charge in [-0.2, -0.15) is 0 Å². The molecule has 0 rings (SSSR count). The van der Waals surface area contributed by atoms with Gasteiger partial charge in [0.25, 0.3) is 0 Å². The van der Waals surface area contributed by atoms with Gasteiger partial charge in [-0.15, -0.1) is 0 Å². The number of aliphatic hydroxyl groups is 1. The van der Waals surface area contributed by atoms with Gasteiger partial charge in [-0.25, -0.2) is 4.79 Å². The molecule has 0 aromatic rings. The molecular weight excluding hydrogens is 235 g/mol. The molecule has 0 radical (unpaired) electrons. The first-order valence-corrected chi connectivity index (χ1v) is 3.17. The highest BCUT2D eigenvalue weighted by Crippen LogP contribution is 2.15. The summed E-state index contributed by atoms with van der Waals surface area (Å²) in [7, 11) is 0. The van der Waals surface area contributed by atoms with Crippen LogP contribution in [0.3, 0.4) is 0 Å². The summed E-state index contributed by atoms with van der Waals surface area (Å²) in [5, 5.41) is 33.8. The Morgan fingerprint density at radius 3 is 1.33 bits per heavy atom. The number of aliphatic carboxylic acids is 3. The van der Waals surface area contributed by atoms with E-state index >= 15 is 0 Å². The first kappa shape index (κ1) is 20.1. The van der Waals surface area contributed by atoms with Crippen molar-refractivity contribution in [3.05, 3.63) is 0 Å². The number of hydrogen-bond donors (Lipinski definition) is 4. The summed E-state index contributed by atoms with van der Waals surface area (Å²) in [6.07, 6.45) is -2.29. The van der Waals surface area contributed by atoms with E-state index in [4.69, 9.17) is 20.4 Å². The Morgan fingerprint density at radius 1 is 0.933 bits per heavy atom. The Labute approximate surface area is 111 Å². The Morgan fingerprint density at radius 2 is 1.20 bits per heavy atom. The third-order valence-corrected chi connectivity index (χ3v) is 1.29. The van der Waals surface area contributed by atoms with E-state index in [1.165, 1.54) is 0 Å². The predicted octanol–water partition coefficient (Wildman–Crippen LogP) is -3.35. The van der Waals surface area contributed by atoms with Crippen LogP contribution in [0.15, 0.2) is 0 Å². The normalized spacial score (nSPS) is 9.40. The highest BCUT2D eigenvalue weighted by atomic mass is 27.0. The van der Waals surface area contributed by atoms with Crippen molar-refractivity contribution in [2.75, 3.05) is 0 Å². The van der Waals surface area contributed by atoms with Gasteiger partial charge < -0.3 is 20.4 Å². The number of carboxylic acids is 3. The van der Waals surface area contributed by atoms with Gasteiger partial charge in [-0.05, 0) is 0 Å². The lowest BCUT2D eigenvalue weighted by Gasteiger charge is -2.18. The first-order chi connectivity index (χ1) is 5.78. The van der Waals surface area contributed by atoms with Crippen molar-refractivity contribution >= 4 is 58.3 Å². The summed E-state index contributed by atoms with van der Waals surface area (Å²) >= 11 is 0. The molecule has 0 heterocycles. The number of rotatable bonds is 5. The number of carboxylic acid groups (broad SMARTS) is 3. The van der Waals surface area contributed by atoms with E-state index in [0.717, 1.165) is 0 Å². The zero-order chi connectivity index (χ0) is 10.6. The van der Waals surface area contributed by atoms with Crippen LogP contribution in [-0.4, -0.2) is 84.3 Å². The molecule has 0 aromatic heterocycles. The van der Waals surface area contributed by atoms with Gasteiger partial charge in [-0.3, -0.25) is 9.59 Å². The summed E-state index contributed by atoms with van der Waals surface area (Å²) in [5.74, 6) is -5.02. The van der Waals surface area contributed by atoms with Gasteiger partial charge in [0, 0.05) is 0 Å². The zero-order valence-electron chi connectivity index (χ0n) is 6.43. The van der Waals surface area contributed by atoms with Crippen molar-refractivity contribution in [1.82, 2.24) is 0 Å². The Bertz CT molecular complexity index is 238. The molecule has 0 spiro atoms. The van der Waals surface area contributed by atoms with Crippen LogP contribution in [0, 0.1) is 0 Å². The van der Waals surface area contributed by atoms with E-state index < -0.39 is 36.4 Å². The summed E-state index contributed by atoms with van der Waals surface area (Å²) in [6, 6.07) is 0. The van der Waals surface area contributed by atoms with E-state index in [9.17, 15) is 14.4 Å². The largest absolute Gasteiger partial charge is 0.481 e. The van der Waals surface area contributed by atoms with Crippen molar-refractivity contribution < 1.29 is 34.8 Å². The topological polar surface area (TPSA) is 132 Å². The van der Waals surface area contributed by atoms with Gasteiger partial charge in [0.05, 0.1) is 12.8 Å². The molecule has 0 fully saturated rings. The van der Waals surface area contributed by atoms with E-state index in [2.05, 4.69) is 0 Å². The number of carbonyl (C=O) groups is 3. The quantitative estimate of drug-likeness (QED) is 0.374. The van der Waals surface area contributed by atoms with Gasteiger partial charge in [0.1, 0.15) is 0 Å². The molecule has 0 bridgehead atoms. The molecular formula is C6H13AlMgO7. The lowest BCUT2D eigenvalue weighted by Crippen LogP contribution is -2.42. The van der Waals surface area contributed by atoms with Gasteiger partial charge in [0.2, 0.25) is 0 Å². The fraction of sp³-hybridized carbons (Fsp3) is 0.500. The van der Waals surface area contributed by atoms with Crippen LogP contribution in [0.4, 0.5) is 0 Å². The third-order valence-electron chi connectivity index (χ3n) is 1.29. The van der Waals surface area contributed by atoms with Crippen LogP contribution >= 0.6 is 0 Å². The fourth-order valence-corrected chi connectivity index (χ4v) is 0.714. The van der Waals surface area contributed by atoms with E-state index in [-0.39, 0.29) is 40.4 Å². The van der Waals surface area contributed by atoms with Gasteiger partial charge in [-0.1, -0.05) is 0 Å². The van der Waals surface area contributed by atoms with Crippen molar-refractivity contribution in [1.29, 1.82) is 0 Å². The minimum atomic E-state index is -2.74. The second kappa shape index (κ2) is 7.90. The molecule has 4 N–H and O–H groups in total. The molecule has 0 aromatic carbocycles. The van der Waals surface area contributed by atoms with Crippen LogP contribution in [0.5, 0.6) is 0 Å². The maximum atomic E-state index is 10.3. The molecule has 7 nitrogen and oxygen atoms in total. The molecule has 0 aliphatic carbocycles. The molecule has 84 valence electrons. The van der Waals surface area contributed by atoms with Crippen LogP contribution in [-0.2, 0) is 14.4 Å². The lowest BCUT2D eigenvalue weighted by atomic mass is 9.96. The minimum Gasteiger partial charge on any atom is -0.481 e. The number of hydrogen-bond acceptors (Lipinski definition) is 4. The molecule has 0 unspecified atom stereocenters. The molecule has 15 heavy (non-hydrogen) atoms. The Hall–Kier alpha value is -0.331. The van der Waals surface area contributed by atoms with Crippen molar-refractivity contribution in [2.24, 2.45) is 0 Å². The summed E-state index contributed by atoms with van der Waals surface area (Å²) in [5.41, 5.74) is -2.74. The van der Waals surface area contributed by atoms with Gasteiger partial charge in [0.15, 0.2) is 23.0 Å². The van der Waals surface area contributed by atoms with Crippen molar-refractivity contribution in [3.63, 3.8) is 0 Å². The van der Waals surface area contributed by atoms with Crippen LogP contribution in [0.1, 0.15) is 12.8 Å². The van der Waals surface area contributed by atoms with Gasteiger partial charge >= 0.3 is 41.0 Å². The standard InChI is InChI=1S/C6H8O7.Al.Mg.5H/c7-3(8)1-6(13,5(11)12)2-4(9)10;;;;;;;/h13H,1-2H2,(H,7,8)(H,9,10)(H,11,12);;;;;;;. The highest BCUT2D eigenvalue weighted by molar-refractivity contribution is 5.88. The smallest absolute Gasteiger partial charge is 0.336 e. The maximum Gasteiger partial charge on any atom is 0.336 e. The molecule has 0 saturated carbocycles. The average Bonchev–Trinajstić information content (AvgIpc) is 1.82. The van der Waals surface area contributed by atoms with Crippen LogP contribution in [0.2, 0.25) is 0 Å². The first-order valence-electron chi connectivity index (χ1n) is 3.17. The summed E-state index contributed by atoms with van der Waals surface area (Å²) < 4.78 is 0. The molecule has 0 atom stereocenters. The molecule has 0 aliphatic rings. The summed E-state index contributed by atoms with van der Waals surface area (Å²) in [6.45, 7) is 0. The maximum absolute atomic E-state index is 10.3. The predicted molar refractivity (Wildman–Crippen MR) is 55.6 cm³/mol. The molecule has 0 aliphatic heterocycles. The van der Waals surface area contributed by atoms with E-state index in [1.54, 1.807) is 0 Å². The molecule has 9 heteroatoms. The second-order valence-corrected chi connectivity index (χ2v) is 2.48. The fourth-order valence-electron chi connectivity index (χ4n) is 0.714. The van der Waals surface area contributed by atoms with Crippen molar-refractivity contribution in [2.45, 2.75) is 18.4 Å². The zero-order valence-corrected chi connectivity index (χ0v) is 6.43. The summed E-state index contributed by atoms with van der Waals surface area (Å²) in [4.78, 5) is 30.5. The van der Waals surface area contributed by atoms with Crippen molar-refractivity contribution in [3.8, 4) is 0 Å². The SMILES string of the molecule is O=C(O)CC(O)(CC(=O)O)C(=O)O.[AlH3].[MgH2]. The second-order valence-electron chi connectivity index (χ2n) is 2.48. The lowest BCUT2D eigenvalue weighted by molar-refractivity contribution is -0.170. The Kier molecular flexibility index (Phi) is 10.6.